The lowest BCUT2D eigenvalue weighted by Crippen LogP contribution is -2.22. The first-order chi connectivity index (χ1) is 18.0. The molecule has 0 aliphatic heterocycles. The van der Waals surface area contributed by atoms with Gasteiger partial charge in [-0.15, -0.1) is 0 Å². The van der Waals surface area contributed by atoms with Crippen molar-refractivity contribution in [1.29, 1.82) is 0 Å². The molecule has 0 fully saturated rings. The van der Waals surface area contributed by atoms with Crippen LogP contribution in [0.3, 0.4) is 0 Å². The van der Waals surface area contributed by atoms with Crippen LogP contribution in [0.4, 0.5) is 0 Å². The average Bonchev–Trinajstić information content (AvgIpc) is 2.92. The Morgan fingerprint density at radius 3 is 1.78 bits per heavy atom. The molecule has 3 nitrogen and oxygen atoms in total. The van der Waals surface area contributed by atoms with E-state index in [1.165, 1.54) is 108 Å². The SMILES string of the molecule is CCCCCCCCc1cnc(-c2ccc(OCCCCCCCCCCC[Si](C)(C)CC)cc2)nc1. The maximum Gasteiger partial charge on any atom is 0.159 e. The third-order valence-electron chi connectivity index (χ3n) is 7.86. The molecule has 0 aliphatic carbocycles. The van der Waals surface area contributed by atoms with E-state index in [4.69, 9.17) is 4.74 Å². The molecule has 37 heavy (non-hydrogen) atoms. The summed E-state index contributed by atoms with van der Waals surface area (Å²) in [7, 11) is -0.842. The third kappa shape index (κ3) is 14.7. The molecule has 0 N–H and O–H groups in total. The van der Waals surface area contributed by atoms with Gasteiger partial charge < -0.3 is 4.74 Å². The van der Waals surface area contributed by atoms with Gasteiger partial charge in [-0.25, -0.2) is 9.97 Å². The highest BCUT2D eigenvalue weighted by Gasteiger charge is 2.16. The predicted octanol–water partition coefficient (Wildman–Crippen LogP) is 10.7. The molecular weight excluding hydrogens is 468 g/mol. The number of aryl methyl sites for hydroxylation is 1. The largest absolute Gasteiger partial charge is 0.494 e. The van der Waals surface area contributed by atoms with E-state index >= 15 is 0 Å². The zero-order chi connectivity index (χ0) is 26.6. The Kier molecular flexibility index (Phi) is 16.5. The van der Waals surface area contributed by atoms with Gasteiger partial charge >= 0.3 is 0 Å². The Bertz CT molecular complexity index is 804. The maximum absolute atomic E-state index is 5.97. The number of ether oxygens (including phenoxy) is 1. The number of aromatic nitrogens is 2. The number of unbranched alkanes of at least 4 members (excludes halogenated alkanes) is 13. The first-order valence-electron chi connectivity index (χ1n) is 15.6. The summed E-state index contributed by atoms with van der Waals surface area (Å²) in [6.07, 6.45) is 25.3. The number of benzene rings is 1. The highest BCUT2D eigenvalue weighted by Crippen LogP contribution is 2.21. The second kappa shape index (κ2) is 19.4. The molecule has 0 saturated heterocycles. The molecule has 0 bridgehead atoms. The summed E-state index contributed by atoms with van der Waals surface area (Å²) in [5.74, 6) is 1.74. The molecule has 0 unspecified atom stereocenters. The Labute approximate surface area is 230 Å². The van der Waals surface area contributed by atoms with E-state index in [1.807, 2.05) is 24.5 Å². The average molecular weight is 525 g/mol. The Hall–Kier alpha value is -1.68. The summed E-state index contributed by atoms with van der Waals surface area (Å²) < 4.78 is 5.97. The maximum atomic E-state index is 5.97. The van der Waals surface area contributed by atoms with Crippen molar-refractivity contribution in [3.63, 3.8) is 0 Å². The van der Waals surface area contributed by atoms with Crippen molar-refractivity contribution < 1.29 is 4.74 Å². The molecule has 1 aromatic carbocycles. The third-order valence-corrected chi connectivity index (χ3v) is 11.5. The molecule has 0 aliphatic rings. The van der Waals surface area contributed by atoms with Crippen molar-refractivity contribution in [3.05, 3.63) is 42.2 Å². The van der Waals surface area contributed by atoms with E-state index in [2.05, 4.69) is 49.0 Å². The van der Waals surface area contributed by atoms with Crippen LogP contribution >= 0.6 is 0 Å². The van der Waals surface area contributed by atoms with E-state index in [0.29, 0.717) is 0 Å². The highest BCUT2D eigenvalue weighted by atomic mass is 28.3. The summed E-state index contributed by atoms with van der Waals surface area (Å²) in [6, 6.07) is 11.2. The van der Waals surface area contributed by atoms with Crippen molar-refractivity contribution in [2.24, 2.45) is 0 Å². The number of hydrogen-bond donors (Lipinski definition) is 0. The number of rotatable bonds is 22. The minimum atomic E-state index is -0.842. The van der Waals surface area contributed by atoms with E-state index < -0.39 is 8.07 Å². The molecule has 1 aromatic heterocycles. The van der Waals surface area contributed by atoms with Gasteiger partial charge in [0.15, 0.2) is 5.82 Å². The van der Waals surface area contributed by atoms with Crippen molar-refractivity contribution >= 4 is 8.07 Å². The summed E-state index contributed by atoms with van der Waals surface area (Å²) >= 11 is 0. The van der Waals surface area contributed by atoms with Crippen LogP contribution in [0.5, 0.6) is 5.75 Å². The van der Waals surface area contributed by atoms with Gasteiger partial charge in [0.1, 0.15) is 5.75 Å². The minimum absolute atomic E-state index is 0.796. The Morgan fingerprint density at radius 1 is 0.649 bits per heavy atom. The second-order valence-corrected chi connectivity index (χ2v) is 17.3. The van der Waals surface area contributed by atoms with Gasteiger partial charge in [-0.05, 0) is 49.1 Å². The zero-order valence-electron chi connectivity index (χ0n) is 24.7. The van der Waals surface area contributed by atoms with Gasteiger partial charge in [-0.2, -0.15) is 0 Å². The normalized spacial score (nSPS) is 11.7. The van der Waals surface area contributed by atoms with Crippen LogP contribution in [-0.4, -0.2) is 24.6 Å². The lowest BCUT2D eigenvalue weighted by molar-refractivity contribution is 0.304. The molecular formula is C33H56N2OSi. The Balaban J connectivity index is 1.50. The van der Waals surface area contributed by atoms with Crippen molar-refractivity contribution in [1.82, 2.24) is 9.97 Å². The molecule has 4 heteroatoms. The number of hydrogen-bond acceptors (Lipinski definition) is 3. The van der Waals surface area contributed by atoms with E-state index in [9.17, 15) is 0 Å². The minimum Gasteiger partial charge on any atom is -0.494 e. The van der Waals surface area contributed by atoms with Gasteiger partial charge in [0.25, 0.3) is 0 Å². The van der Waals surface area contributed by atoms with Crippen LogP contribution in [-0.2, 0) is 6.42 Å². The molecule has 208 valence electrons. The highest BCUT2D eigenvalue weighted by molar-refractivity contribution is 6.77. The fourth-order valence-corrected chi connectivity index (χ4v) is 6.31. The lowest BCUT2D eigenvalue weighted by atomic mass is 10.1. The smallest absolute Gasteiger partial charge is 0.159 e. The van der Waals surface area contributed by atoms with Crippen LogP contribution in [0.25, 0.3) is 11.4 Å². The fraction of sp³-hybridized carbons (Fsp3) is 0.697. The standard InChI is InChI=1S/C33H56N2OSi/c1-5-7-8-9-15-18-21-30-28-34-33(35-29-30)31-22-24-32(25-23-31)36-26-19-16-13-11-10-12-14-17-20-27-37(3,4)6-2/h22-25,28-29H,5-21,26-27H2,1-4H3. The molecule has 0 saturated carbocycles. The molecule has 0 amide bonds. The lowest BCUT2D eigenvalue weighted by Gasteiger charge is -2.19. The quantitative estimate of drug-likeness (QED) is 0.113. The fourth-order valence-electron chi connectivity index (χ4n) is 4.75. The van der Waals surface area contributed by atoms with E-state index in [0.717, 1.165) is 36.6 Å². The van der Waals surface area contributed by atoms with Crippen LogP contribution in [0.15, 0.2) is 36.7 Å². The van der Waals surface area contributed by atoms with Crippen LogP contribution in [0.1, 0.15) is 116 Å². The van der Waals surface area contributed by atoms with Gasteiger partial charge in [-0.3, -0.25) is 0 Å². The number of nitrogens with zero attached hydrogens (tertiary/aromatic N) is 2. The van der Waals surface area contributed by atoms with Crippen molar-refractivity contribution in [2.75, 3.05) is 6.61 Å². The topological polar surface area (TPSA) is 35.0 Å². The zero-order valence-corrected chi connectivity index (χ0v) is 25.7. The van der Waals surface area contributed by atoms with Crippen molar-refractivity contribution in [2.45, 2.75) is 142 Å². The second-order valence-electron chi connectivity index (χ2n) is 11.8. The molecule has 0 spiro atoms. The molecule has 2 aromatic rings. The molecule has 0 radical (unpaired) electrons. The van der Waals surface area contributed by atoms with Gasteiger partial charge in [0.2, 0.25) is 0 Å². The summed E-state index contributed by atoms with van der Waals surface area (Å²) in [5.41, 5.74) is 2.29. The Morgan fingerprint density at radius 2 is 1.19 bits per heavy atom. The van der Waals surface area contributed by atoms with Gasteiger partial charge in [0, 0.05) is 26.0 Å². The van der Waals surface area contributed by atoms with Crippen LogP contribution < -0.4 is 4.74 Å². The monoisotopic (exact) mass is 524 g/mol. The first-order valence-corrected chi connectivity index (χ1v) is 19.0. The van der Waals surface area contributed by atoms with Gasteiger partial charge in [0.05, 0.1) is 6.61 Å². The van der Waals surface area contributed by atoms with Crippen molar-refractivity contribution in [3.8, 4) is 17.1 Å². The van der Waals surface area contributed by atoms with E-state index in [-0.39, 0.29) is 0 Å². The summed E-state index contributed by atoms with van der Waals surface area (Å²) in [5, 5.41) is 0. The predicted molar refractivity (Wildman–Crippen MR) is 164 cm³/mol. The molecule has 2 rings (SSSR count). The molecule has 0 atom stereocenters. The molecule has 1 heterocycles. The van der Waals surface area contributed by atoms with Crippen LogP contribution in [0.2, 0.25) is 25.2 Å². The van der Waals surface area contributed by atoms with Gasteiger partial charge in [-0.1, -0.05) is 123 Å². The van der Waals surface area contributed by atoms with Crippen LogP contribution in [0, 0.1) is 0 Å². The van der Waals surface area contributed by atoms with E-state index in [1.54, 1.807) is 0 Å². The summed E-state index contributed by atoms with van der Waals surface area (Å²) in [4.78, 5) is 9.20. The summed E-state index contributed by atoms with van der Waals surface area (Å²) in [6.45, 7) is 10.5. The first kappa shape index (κ1) is 31.5.